The second-order valence-electron chi connectivity index (χ2n) is 17.0. The van der Waals surface area contributed by atoms with Crippen LogP contribution in [0.2, 0.25) is 0 Å². The first-order valence-electron chi connectivity index (χ1n) is 24.4. The summed E-state index contributed by atoms with van der Waals surface area (Å²) in [5.41, 5.74) is 0. The molecule has 1 fully saturated rings. The highest BCUT2D eigenvalue weighted by Crippen LogP contribution is 2.23. The molecule has 1 aliphatic heterocycles. The molecule has 1 heterocycles. The summed E-state index contributed by atoms with van der Waals surface area (Å²) in [6, 6.07) is 0. The van der Waals surface area contributed by atoms with E-state index in [1.807, 2.05) is 0 Å². The highest BCUT2D eigenvalue weighted by atomic mass is 16.7. The highest BCUT2D eigenvalue weighted by molar-refractivity contribution is 5.73. The molecule has 60 heavy (non-hydrogen) atoms. The molecule has 1 aliphatic rings. The van der Waals surface area contributed by atoms with Crippen LogP contribution in [0.4, 0.5) is 0 Å². The first-order chi connectivity index (χ1) is 29.2. The number of aliphatic hydroxyl groups is 3. The van der Waals surface area contributed by atoms with Gasteiger partial charge in [-0.3, -0.25) is 9.59 Å². The smallest absolute Gasteiger partial charge is 0.335 e. The number of hydrogen-bond acceptors (Lipinski definition) is 10. The van der Waals surface area contributed by atoms with Crippen molar-refractivity contribution in [2.75, 3.05) is 13.2 Å². The molecule has 0 aromatic heterocycles. The Kier molecular flexibility index (Phi) is 36.7. The van der Waals surface area contributed by atoms with Crippen molar-refractivity contribution in [3.8, 4) is 0 Å². The minimum absolute atomic E-state index is 0.186. The molecule has 0 radical (unpaired) electrons. The lowest BCUT2D eigenvalue weighted by Gasteiger charge is -2.38. The van der Waals surface area contributed by atoms with Crippen molar-refractivity contribution < 1.29 is 53.8 Å². The maximum Gasteiger partial charge on any atom is 0.335 e. The van der Waals surface area contributed by atoms with Crippen LogP contribution in [0.1, 0.15) is 219 Å². The Hall–Kier alpha value is -2.31. The van der Waals surface area contributed by atoms with Crippen molar-refractivity contribution >= 4 is 17.9 Å². The van der Waals surface area contributed by atoms with Gasteiger partial charge in [-0.1, -0.05) is 186 Å². The first kappa shape index (κ1) is 55.7. The van der Waals surface area contributed by atoms with Gasteiger partial charge >= 0.3 is 17.9 Å². The summed E-state index contributed by atoms with van der Waals surface area (Å²) in [5, 5.41) is 39.9. The number of aliphatic carboxylic acids is 1. The van der Waals surface area contributed by atoms with Crippen molar-refractivity contribution in [2.45, 2.75) is 256 Å². The molecule has 11 heteroatoms. The number of carbonyl (C=O) groups is 3. The predicted octanol–water partition coefficient (Wildman–Crippen LogP) is 11.0. The quantitative estimate of drug-likeness (QED) is 0.0262. The summed E-state index contributed by atoms with van der Waals surface area (Å²) in [6.07, 6.45) is 35.1. The van der Waals surface area contributed by atoms with Crippen LogP contribution in [0.25, 0.3) is 0 Å². The highest BCUT2D eigenvalue weighted by Gasteiger charge is 2.47. The number of rotatable bonds is 41. The van der Waals surface area contributed by atoms with E-state index in [1.165, 1.54) is 128 Å². The van der Waals surface area contributed by atoms with E-state index in [4.69, 9.17) is 18.9 Å². The fourth-order valence-electron chi connectivity index (χ4n) is 7.44. The van der Waals surface area contributed by atoms with E-state index in [1.54, 1.807) is 0 Å². The van der Waals surface area contributed by atoms with Crippen LogP contribution in [-0.4, -0.2) is 88.4 Å². The molecule has 0 bridgehead atoms. The third-order valence-electron chi connectivity index (χ3n) is 11.3. The van der Waals surface area contributed by atoms with Crippen LogP contribution in [0, 0.1) is 0 Å². The molecule has 1 saturated heterocycles. The minimum atomic E-state index is -1.86. The second-order valence-corrected chi connectivity index (χ2v) is 17.0. The van der Waals surface area contributed by atoms with Crippen molar-refractivity contribution in [1.29, 1.82) is 0 Å². The molecule has 0 spiro atoms. The van der Waals surface area contributed by atoms with E-state index in [0.717, 1.165) is 51.4 Å². The number of carbonyl (C=O) groups excluding carboxylic acids is 2. The van der Waals surface area contributed by atoms with Crippen LogP contribution < -0.4 is 0 Å². The number of esters is 2. The molecule has 1 rings (SSSR count). The number of carboxylic acids is 1. The first-order valence-corrected chi connectivity index (χ1v) is 24.4. The Morgan fingerprint density at radius 3 is 1.40 bits per heavy atom. The van der Waals surface area contributed by atoms with E-state index in [9.17, 15) is 34.8 Å². The zero-order valence-corrected chi connectivity index (χ0v) is 38.0. The Bertz CT molecular complexity index is 1100. The largest absolute Gasteiger partial charge is 0.479 e. The topological polar surface area (TPSA) is 169 Å². The number of aliphatic hydroxyl groups excluding tert-OH is 3. The number of allylic oxidation sites excluding steroid dienone is 4. The van der Waals surface area contributed by atoms with Gasteiger partial charge in [-0.2, -0.15) is 0 Å². The lowest BCUT2D eigenvalue weighted by Crippen LogP contribution is -2.60. The van der Waals surface area contributed by atoms with Crippen LogP contribution in [0.3, 0.4) is 0 Å². The molecular weight excluding hydrogens is 765 g/mol. The molecular formula is C49H88O11. The summed E-state index contributed by atoms with van der Waals surface area (Å²) in [4.78, 5) is 36.9. The van der Waals surface area contributed by atoms with Gasteiger partial charge in [0, 0.05) is 12.8 Å². The van der Waals surface area contributed by atoms with Crippen molar-refractivity contribution in [1.82, 2.24) is 0 Å². The van der Waals surface area contributed by atoms with E-state index in [-0.39, 0.29) is 26.1 Å². The maximum absolute atomic E-state index is 12.8. The third-order valence-corrected chi connectivity index (χ3v) is 11.3. The summed E-state index contributed by atoms with van der Waals surface area (Å²) < 4.78 is 21.8. The van der Waals surface area contributed by atoms with Crippen LogP contribution in [-0.2, 0) is 33.3 Å². The molecule has 4 N–H and O–H groups in total. The minimum Gasteiger partial charge on any atom is -0.479 e. The maximum atomic E-state index is 12.8. The molecule has 350 valence electrons. The van der Waals surface area contributed by atoms with Gasteiger partial charge in [0.05, 0.1) is 6.61 Å². The Labute approximate surface area is 364 Å². The van der Waals surface area contributed by atoms with Gasteiger partial charge in [-0.15, -0.1) is 0 Å². The fraction of sp³-hybridized carbons (Fsp3) is 0.857. The predicted molar refractivity (Wildman–Crippen MR) is 238 cm³/mol. The number of unbranched alkanes of at least 4 members (excludes halogenated alkanes) is 26. The number of ether oxygens (including phenoxy) is 4. The van der Waals surface area contributed by atoms with Gasteiger partial charge in [-0.05, 0) is 44.9 Å². The molecule has 0 aromatic carbocycles. The van der Waals surface area contributed by atoms with E-state index in [0.29, 0.717) is 12.8 Å². The summed E-state index contributed by atoms with van der Waals surface area (Å²) in [7, 11) is 0. The molecule has 0 saturated carbocycles. The van der Waals surface area contributed by atoms with Gasteiger partial charge in [0.25, 0.3) is 0 Å². The summed E-state index contributed by atoms with van der Waals surface area (Å²) >= 11 is 0. The van der Waals surface area contributed by atoms with Crippen LogP contribution in [0.5, 0.6) is 0 Å². The van der Waals surface area contributed by atoms with Crippen molar-refractivity contribution in [3.63, 3.8) is 0 Å². The second kappa shape index (κ2) is 39.5. The van der Waals surface area contributed by atoms with Crippen molar-refractivity contribution in [2.24, 2.45) is 0 Å². The van der Waals surface area contributed by atoms with Crippen LogP contribution >= 0.6 is 0 Å². The van der Waals surface area contributed by atoms with Crippen molar-refractivity contribution in [3.05, 3.63) is 24.3 Å². The average Bonchev–Trinajstić information content (AvgIpc) is 3.23. The van der Waals surface area contributed by atoms with E-state index >= 15 is 0 Å². The lowest BCUT2D eigenvalue weighted by atomic mass is 9.99. The van der Waals surface area contributed by atoms with Gasteiger partial charge < -0.3 is 39.4 Å². The zero-order valence-electron chi connectivity index (χ0n) is 38.0. The van der Waals surface area contributed by atoms with E-state index in [2.05, 4.69) is 38.2 Å². The van der Waals surface area contributed by atoms with Gasteiger partial charge in [0.2, 0.25) is 0 Å². The van der Waals surface area contributed by atoms with Gasteiger partial charge in [0.15, 0.2) is 18.5 Å². The Balaban J connectivity index is 2.33. The lowest BCUT2D eigenvalue weighted by molar-refractivity contribution is -0.298. The fourth-order valence-corrected chi connectivity index (χ4v) is 7.44. The number of hydrogen-bond donors (Lipinski definition) is 4. The Morgan fingerprint density at radius 2 is 0.933 bits per heavy atom. The van der Waals surface area contributed by atoms with E-state index < -0.39 is 54.7 Å². The molecule has 0 aliphatic carbocycles. The molecule has 0 aromatic rings. The number of carboxylic acid groups (broad SMARTS) is 1. The SMILES string of the molecule is CCCCCC/C=C\C/C=C\CCCCCCCCCC(=O)OCC(COC1OC(C(=O)O)C(O)C(O)C1O)OC(=O)CCCCCCCCCCCCCCCCCC. The standard InChI is InChI=1S/C49H88O11/c1-3-5-7-9-11-13-15-17-19-21-22-24-25-27-29-31-33-35-37-42(50)57-39-41(40-58-49-46(54)44(52)45(53)47(60-49)48(55)56)59-43(51)38-36-34-32-30-28-26-23-20-18-16-14-12-10-8-6-4-2/h13,15,19,21,41,44-47,49,52-54H,3-12,14,16-18,20,22-40H2,1-2H3,(H,55,56)/b15-13-,21-19-. The monoisotopic (exact) mass is 853 g/mol. The normalized spacial score (nSPS) is 19.9. The van der Waals surface area contributed by atoms with Gasteiger partial charge in [-0.25, -0.2) is 4.79 Å². The average molecular weight is 853 g/mol. The van der Waals surface area contributed by atoms with Gasteiger partial charge in [0.1, 0.15) is 24.9 Å². The third kappa shape index (κ3) is 30.7. The molecule has 6 atom stereocenters. The molecule has 11 nitrogen and oxygen atoms in total. The summed E-state index contributed by atoms with van der Waals surface area (Å²) in [5.74, 6) is -2.44. The zero-order chi connectivity index (χ0) is 43.9. The summed E-state index contributed by atoms with van der Waals surface area (Å²) in [6.45, 7) is 3.81. The Morgan fingerprint density at radius 1 is 0.517 bits per heavy atom. The van der Waals surface area contributed by atoms with Crippen LogP contribution in [0.15, 0.2) is 24.3 Å². The molecule has 0 amide bonds. The molecule has 6 unspecified atom stereocenters.